The van der Waals surface area contributed by atoms with Gasteiger partial charge in [-0.15, -0.1) is 0 Å². The van der Waals surface area contributed by atoms with Crippen LogP contribution in [0.4, 0.5) is 0 Å². The van der Waals surface area contributed by atoms with Gasteiger partial charge in [0.1, 0.15) is 0 Å². The van der Waals surface area contributed by atoms with Crippen molar-refractivity contribution in [1.29, 1.82) is 0 Å². The highest BCUT2D eigenvalue weighted by Crippen LogP contribution is 2.24. The molecule has 0 spiro atoms. The van der Waals surface area contributed by atoms with Crippen LogP contribution in [-0.4, -0.2) is 16.1 Å². The highest BCUT2D eigenvalue weighted by Gasteiger charge is 2.06. The van der Waals surface area contributed by atoms with E-state index in [4.69, 9.17) is 16.7 Å². The van der Waals surface area contributed by atoms with Gasteiger partial charge in [0.15, 0.2) is 0 Å². The van der Waals surface area contributed by atoms with Crippen molar-refractivity contribution >= 4 is 28.5 Å². The summed E-state index contributed by atoms with van der Waals surface area (Å²) >= 11 is 6.19. The molecule has 0 bridgehead atoms. The second kappa shape index (κ2) is 6.77. The Kier molecular flexibility index (Phi) is 4.55. The SMILES string of the molecule is O=C(O)c1cccc(CNCc2ccc(Cl)c3cccnc23)c1. The van der Waals surface area contributed by atoms with Gasteiger partial charge in [0.25, 0.3) is 0 Å². The molecule has 0 saturated carbocycles. The summed E-state index contributed by atoms with van der Waals surface area (Å²) in [5, 5.41) is 14.0. The van der Waals surface area contributed by atoms with Gasteiger partial charge in [-0.05, 0) is 41.5 Å². The number of hydrogen-bond donors (Lipinski definition) is 2. The number of carboxylic acids is 1. The molecule has 3 rings (SSSR count). The second-order valence-electron chi connectivity index (χ2n) is 5.22. The number of pyridine rings is 1. The van der Waals surface area contributed by atoms with E-state index in [1.54, 1.807) is 24.4 Å². The number of fused-ring (bicyclic) bond motifs is 1. The lowest BCUT2D eigenvalue weighted by Crippen LogP contribution is -2.13. The summed E-state index contributed by atoms with van der Waals surface area (Å²) in [6.07, 6.45) is 1.75. The Morgan fingerprint density at radius 3 is 2.83 bits per heavy atom. The van der Waals surface area contributed by atoms with E-state index in [0.717, 1.165) is 22.0 Å². The fourth-order valence-corrected chi connectivity index (χ4v) is 2.71. The van der Waals surface area contributed by atoms with E-state index in [1.807, 2.05) is 30.3 Å². The van der Waals surface area contributed by atoms with Gasteiger partial charge >= 0.3 is 5.97 Å². The zero-order valence-corrected chi connectivity index (χ0v) is 13.0. The molecular weight excluding hydrogens is 312 g/mol. The molecule has 0 aliphatic rings. The number of aromatic carboxylic acids is 1. The standard InChI is InChI=1S/C18H15ClN2O2/c19-16-7-6-14(17-15(16)5-2-8-21-17)11-20-10-12-3-1-4-13(9-12)18(22)23/h1-9,20H,10-11H2,(H,22,23). The minimum Gasteiger partial charge on any atom is -0.478 e. The average molecular weight is 327 g/mol. The van der Waals surface area contributed by atoms with Crippen LogP contribution < -0.4 is 5.32 Å². The molecule has 4 nitrogen and oxygen atoms in total. The minimum absolute atomic E-state index is 0.294. The lowest BCUT2D eigenvalue weighted by molar-refractivity contribution is 0.0696. The monoisotopic (exact) mass is 326 g/mol. The van der Waals surface area contributed by atoms with Gasteiger partial charge in [0, 0.05) is 29.7 Å². The summed E-state index contributed by atoms with van der Waals surface area (Å²) in [7, 11) is 0. The van der Waals surface area contributed by atoms with Gasteiger partial charge in [0.2, 0.25) is 0 Å². The van der Waals surface area contributed by atoms with Crippen LogP contribution in [0.3, 0.4) is 0 Å². The van der Waals surface area contributed by atoms with Crippen molar-refractivity contribution in [3.63, 3.8) is 0 Å². The lowest BCUT2D eigenvalue weighted by Gasteiger charge is -2.09. The normalized spacial score (nSPS) is 10.8. The van der Waals surface area contributed by atoms with E-state index in [-0.39, 0.29) is 0 Å². The van der Waals surface area contributed by atoms with Crippen LogP contribution in [0, 0.1) is 0 Å². The second-order valence-corrected chi connectivity index (χ2v) is 5.62. The van der Waals surface area contributed by atoms with E-state index < -0.39 is 5.97 Å². The first-order valence-corrected chi connectivity index (χ1v) is 7.58. The number of carbonyl (C=O) groups is 1. The molecule has 2 aromatic carbocycles. The van der Waals surface area contributed by atoms with E-state index in [1.165, 1.54) is 0 Å². The van der Waals surface area contributed by atoms with E-state index in [2.05, 4.69) is 10.3 Å². The zero-order chi connectivity index (χ0) is 16.2. The Bertz CT molecular complexity index is 865. The molecule has 0 saturated heterocycles. The largest absolute Gasteiger partial charge is 0.478 e. The Morgan fingerprint density at radius 2 is 2.00 bits per heavy atom. The molecule has 0 atom stereocenters. The van der Waals surface area contributed by atoms with Gasteiger partial charge in [-0.25, -0.2) is 4.79 Å². The summed E-state index contributed by atoms with van der Waals surface area (Å²) in [5.41, 5.74) is 3.16. The number of hydrogen-bond acceptors (Lipinski definition) is 3. The Hall–Kier alpha value is -2.43. The molecule has 5 heteroatoms. The fourth-order valence-electron chi connectivity index (χ4n) is 2.49. The first-order chi connectivity index (χ1) is 11.1. The third-order valence-corrected chi connectivity index (χ3v) is 3.95. The Labute approximate surface area is 138 Å². The van der Waals surface area contributed by atoms with Crippen molar-refractivity contribution < 1.29 is 9.90 Å². The predicted molar refractivity (Wildman–Crippen MR) is 90.7 cm³/mol. The molecule has 0 radical (unpaired) electrons. The fraction of sp³-hybridized carbons (Fsp3) is 0.111. The molecule has 116 valence electrons. The highest BCUT2D eigenvalue weighted by atomic mass is 35.5. The summed E-state index contributed by atoms with van der Waals surface area (Å²) in [6.45, 7) is 1.21. The molecule has 1 aromatic heterocycles. The third-order valence-electron chi connectivity index (χ3n) is 3.62. The van der Waals surface area contributed by atoms with Crippen LogP contribution >= 0.6 is 11.6 Å². The quantitative estimate of drug-likeness (QED) is 0.747. The molecule has 2 N–H and O–H groups in total. The van der Waals surface area contributed by atoms with Crippen LogP contribution in [0.15, 0.2) is 54.7 Å². The zero-order valence-electron chi connectivity index (χ0n) is 12.3. The molecule has 23 heavy (non-hydrogen) atoms. The topological polar surface area (TPSA) is 62.2 Å². The van der Waals surface area contributed by atoms with Crippen molar-refractivity contribution in [1.82, 2.24) is 10.3 Å². The van der Waals surface area contributed by atoms with Crippen molar-refractivity contribution in [2.24, 2.45) is 0 Å². The van der Waals surface area contributed by atoms with Crippen molar-refractivity contribution in [2.45, 2.75) is 13.1 Å². The lowest BCUT2D eigenvalue weighted by atomic mass is 10.1. The number of benzene rings is 2. The molecule has 0 amide bonds. The van der Waals surface area contributed by atoms with Crippen LogP contribution in [0.25, 0.3) is 10.9 Å². The van der Waals surface area contributed by atoms with Crippen LogP contribution in [0.5, 0.6) is 0 Å². The van der Waals surface area contributed by atoms with Crippen LogP contribution in [0.2, 0.25) is 5.02 Å². The molecule has 0 aliphatic carbocycles. The van der Waals surface area contributed by atoms with Crippen LogP contribution in [0.1, 0.15) is 21.5 Å². The maximum atomic E-state index is 11.0. The maximum Gasteiger partial charge on any atom is 0.335 e. The van der Waals surface area contributed by atoms with E-state index in [9.17, 15) is 4.79 Å². The predicted octanol–water partition coefficient (Wildman–Crippen LogP) is 3.88. The molecule has 0 fully saturated rings. The van der Waals surface area contributed by atoms with Gasteiger partial charge < -0.3 is 10.4 Å². The Morgan fingerprint density at radius 1 is 1.13 bits per heavy atom. The number of nitrogens with zero attached hydrogens (tertiary/aromatic N) is 1. The summed E-state index contributed by atoms with van der Waals surface area (Å²) < 4.78 is 0. The van der Waals surface area contributed by atoms with Crippen molar-refractivity contribution in [3.8, 4) is 0 Å². The van der Waals surface area contributed by atoms with Crippen molar-refractivity contribution in [2.75, 3.05) is 0 Å². The molecule has 1 heterocycles. The summed E-state index contributed by atoms with van der Waals surface area (Å²) in [5.74, 6) is -0.917. The number of rotatable bonds is 5. The van der Waals surface area contributed by atoms with Gasteiger partial charge in [-0.2, -0.15) is 0 Å². The third kappa shape index (κ3) is 3.50. The number of aromatic nitrogens is 1. The minimum atomic E-state index is -0.917. The van der Waals surface area contributed by atoms with E-state index in [0.29, 0.717) is 23.7 Å². The average Bonchev–Trinajstić information content (AvgIpc) is 2.57. The number of halogens is 1. The van der Waals surface area contributed by atoms with Crippen molar-refractivity contribution in [3.05, 3.63) is 76.4 Å². The summed E-state index contributed by atoms with van der Waals surface area (Å²) in [4.78, 5) is 15.4. The van der Waals surface area contributed by atoms with Gasteiger partial charge in [-0.1, -0.05) is 29.8 Å². The number of carboxylic acid groups (broad SMARTS) is 1. The smallest absolute Gasteiger partial charge is 0.335 e. The molecule has 0 aliphatic heterocycles. The van der Waals surface area contributed by atoms with Gasteiger partial charge in [0.05, 0.1) is 11.1 Å². The first kappa shape index (κ1) is 15.5. The van der Waals surface area contributed by atoms with Gasteiger partial charge in [-0.3, -0.25) is 4.98 Å². The molecular formula is C18H15ClN2O2. The maximum absolute atomic E-state index is 11.0. The van der Waals surface area contributed by atoms with Crippen LogP contribution in [-0.2, 0) is 13.1 Å². The number of nitrogens with one attached hydrogen (secondary N) is 1. The first-order valence-electron chi connectivity index (χ1n) is 7.20. The Balaban J connectivity index is 1.73. The highest BCUT2D eigenvalue weighted by molar-refractivity contribution is 6.35. The molecule has 0 unspecified atom stereocenters. The summed E-state index contributed by atoms with van der Waals surface area (Å²) in [6, 6.07) is 14.5. The molecule has 3 aromatic rings. The van der Waals surface area contributed by atoms with E-state index >= 15 is 0 Å².